The van der Waals surface area contributed by atoms with Crippen LogP contribution in [0.2, 0.25) is 0 Å². The number of hydrogen-bond donors (Lipinski definition) is 1. The number of nitrogens with zero attached hydrogens (tertiary/aromatic N) is 3. The molecule has 0 bridgehead atoms. The van der Waals surface area contributed by atoms with Gasteiger partial charge in [0.05, 0.1) is 12.3 Å². The lowest BCUT2D eigenvalue weighted by Gasteiger charge is -2.17. The van der Waals surface area contributed by atoms with Crippen LogP contribution in [0.4, 0.5) is 4.79 Å². The topological polar surface area (TPSA) is 82.1 Å². The zero-order chi connectivity index (χ0) is 17.3. The van der Waals surface area contributed by atoms with E-state index in [1.54, 1.807) is 0 Å². The third kappa shape index (κ3) is 3.02. The van der Waals surface area contributed by atoms with Crippen molar-refractivity contribution >= 4 is 23.6 Å². The Morgan fingerprint density at radius 2 is 2.00 bits per heavy atom. The maximum absolute atomic E-state index is 12.4. The zero-order valence-corrected chi connectivity index (χ0v) is 13.7. The molecule has 2 heterocycles. The smallest absolute Gasteiger partial charge is 0.325 e. The fourth-order valence-electron chi connectivity index (χ4n) is 2.83. The van der Waals surface area contributed by atoms with Crippen molar-refractivity contribution in [2.75, 3.05) is 13.1 Å². The third-order valence-electron chi connectivity index (χ3n) is 4.21. The summed E-state index contributed by atoms with van der Waals surface area (Å²) in [5.74, 6) is -0.723. The molecule has 24 heavy (non-hydrogen) atoms. The number of nitrogens with one attached hydrogen (secondary N) is 1. The largest absolute Gasteiger partial charge is 0.326 e. The molecular weight excluding hydrogens is 308 g/mol. The number of carbonyl (C=O) groups excluding carboxylic acids is 3. The van der Waals surface area contributed by atoms with Crippen molar-refractivity contribution in [3.63, 3.8) is 0 Å². The highest BCUT2D eigenvalue weighted by atomic mass is 16.2. The summed E-state index contributed by atoms with van der Waals surface area (Å²) < 4.78 is 0. The molecule has 126 valence electrons. The van der Waals surface area contributed by atoms with Crippen LogP contribution in [0.3, 0.4) is 0 Å². The zero-order valence-electron chi connectivity index (χ0n) is 13.7. The Balaban J connectivity index is 1.67. The number of imide groups is 1. The Morgan fingerprint density at radius 3 is 2.62 bits per heavy atom. The van der Waals surface area contributed by atoms with Crippen LogP contribution in [0.1, 0.15) is 25.8 Å². The molecule has 7 nitrogen and oxygen atoms in total. The second-order valence-electron chi connectivity index (χ2n) is 6.28. The molecule has 4 amide bonds. The van der Waals surface area contributed by atoms with Crippen molar-refractivity contribution in [2.24, 2.45) is 11.0 Å². The van der Waals surface area contributed by atoms with Crippen molar-refractivity contribution in [1.29, 1.82) is 0 Å². The molecule has 2 aliphatic rings. The molecule has 1 saturated heterocycles. The Labute approximate surface area is 140 Å². The Morgan fingerprint density at radius 1 is 1.29 bits per heavy atom. The molecule has 1 aromatic carbocycles. The number of urea groups is 1. The summed E-state index contributed by atoms with van der Waals surface area (Å²) in [5, 5.41) is 8.29. The standard InChI is InChI=1S/C17H20N4O3/c1-11(2)15-16(23)20(17(24)18-15)10-14(22)21-9-8-13(19-21)12-6-4-3-5-7-12/h3-7,11,15H,8-10H2,1-2H3,(H,18,24). The highest BCUT2D eigenvalue weighted by molar-refractivity contribution is 6.07. The molecule has 1 fully saturated rings. The molecule has 0 spiro atoms. The third-order valence-corrected chi connectivity index (χ3v) is 4.21. The van der Waals surface area contributed by atoms with Gasteiger partial charge in [-0.25, -0.2) is 9.80 Å². The summed E-state index contributed by atoms with van der Waals surface area (Å²) in [6.07, 6.45) is 0.657. The van der Waals surface area contributed by atoms with E-state index in [0.29, 0.717) is 13.0 Å². The molecule has 1 unspecified atom stereocenters. The summed E-state index contributed by atoms with van der Waals surface area (Å²) in [5.41, 5.74) is 1.81. The van der Waals surface area contributed by atoms with Gasteiger partial charge in [0.2, 0.25) is 0 Å². The molecule has 0 radical (unpaired) electrons. The Kier molecular flexibility index (Phi) is 4.33. The number of benzene rings is 1. The average Bonchev–Trinajstić information content (AvgIpc) is 3.16. The van der Waals surface area contributed by atoms with Gasteiger partial charge in [-0.2, -0.15) is 5.10 Å². The van der Waals surface area contributed by atoms with Gasteiger partial charge in [-0.15, -0.1) is 0 Å². The van der Waals surface area contributed by atoms with Crippen LogP contribution in [0.5, 0.6) is 0 Å². The molecule has 0 aromatic heterocycles. The van der Waals surface area contributed by atoms with E-state index in [1.807, 2.05) is 44.2 Å². The van der Waals surface area contributed by atoms with E-state index in [0.717, 1.165) is 16.2 Å². The van der Waals surface area contributed by atoms with Crippen molar-refractivity contribution in [1.82, 2.24) is 15.2 Å². The van der Waals surface area contributed by atoms with Gasteiger partial charge in [-0.1, -0.05) is 44.2 Å². The normalized spacial score (nSPS) is 20.6. The van der Waals surface area contributed by atoms with Crippen LogP contribution in [0.15, 0.2) is 35.4 Å². The molecule has 1 N–H and O–H groups in total. The lowest BCUT2D eigenvalue weighted by Crippen LogP contribution is -2.41. The van der Waals surface area contributed by atoms with E-state index in [1.165, 1.54) is 5.01 Å². The van der Waals surface area contributed by atoms with E-state index in [2.05, 4.69) is 10.4 Å². The number of hydrazone groups is 1. The van der Waals surface area contributed by atoms with Crippen LogP contribution in [-0.4, -0.2) is 52.6 Å². The fourth-order valence-corrected chi connectivity index (χ4v) is 2.83. The summed E-state index contributed by atoms with van der Waals surface area (Å²) >= 11 is 0. The lowest BCUT2D eigenvalue weighted by atomic mass is 10.1. The van der Waals surface area contributed by atoms with Crippen molar-refractivity contribution in [3.8, 4) is 0 Å². The van der Waals surface area contributed by atoms with E-state index < -0.39 is 12.1 Å². The first-order chi connectivity index (χ1) is 11.5. The highest BCUT2D eigenvalue weighted by Crippen LogP contribution is 2.17. The summed E-state index contributed by atoms with van der Waals surface area (Å²) in [6, 6.07) is 8.56. The lowest BCUT2D eigenvalue weighted by molar-refractivity contribution is -0.137. The van der Waals surface area contributed by atoms with Crippen molar-refractivity contribution in [2.45, 2.75) is 26.3 Å². The Hall–Kier alpha value is -2.70. The predicted molar refractivity (Wildman–Crippen MR) is 88.2 cm³/mol. The quantitative estimate of drug-likeness (QED) is 0.843. The first-order valence-corrected chi connectivity index (χ1v) is 8.02. The fraction of sp³-hybridized carbons (Fsp3) is 0.412. The number of carbonyl (C=O) groups is 3. The number of hydrogen-bond acceptors (Lipinski definition) is 4. The van der Waals surface area contributed by atoms with Crippen LogP contribution < -0.4 is 5.32 Å². The van der Waals surface area contributed by atoms with Gasteiger partial charge in [0.1, 0.15) is 12.6 Å². The van der Waals surface area contributed by atoms with Crippen LogP contribution in [0, 0.1) is 5.92 Å². The van der Waals surface area contributed by atoms with Gasteiger partial charge in [0.25, 0.3) is 11.8 Å². The number of amides is 4. The minimum absolute atomic E-state index is 0.0176. The molecule has 1 aromatic rings. The van der Waals surface area contributed by atoms with Crippen molar-refractivity contribution < 1.29 is 14.4 Å². The monoisotopic (exact) mass is 328 g/mol. The molecule has 0 aliphatic carbocycles. The van der Waals surface area contributed by atoms with Crippen LogP contribution in [0.25, 0.3) is 0 Å². The van der Waals surface area contributed by atoms with Gasteiger partial charge in [0, 0.05) is 6.42 Å². The second kappa shape index (κ2) is 6.43. The number of rotatable bonds is 4. The van der Waals surface area contributed by atoms with Crippen LogP contribution in [-0.2, 0) is 9.59 Å². The summed E-state index contributed by atoms with van der Waals surface area (Å²) in [7, 11) is 0. The summed E-state index contributed by atoms with van der Waals surface area (Å²) in [6.45, 7) is 3.88. The predicted octanol–water partition coefficient (Wildman–Crippen LogP) is 1.20. The molecule has 1 atom stereocenters. The molecule has 0 saturated carbocycles. The maximum Gasteiger partial charge on any atom is 0.325 e. The van der Waals surface area contributed by atoms with Gasteiger partial charge in [-0.3, -0.25) is 14.5 Å². The minimum atomic E-state index is -0.563. The van der Waals surface area contributed by atoms with Gasteiger partial charge >= 0.3 is 6.03 Å². The van der Waals surface area contributed by atoms with Gasteiger partial charge in [0.15, 0.2) is 0 Å². The first-order valence-electron chi connectivity index (χ1n) is 8.02. The molecule has 2 aliphatic heterocycles. The second-order valence-corrected chi connectivity index (χ2v) is 6.28. The molecule has 7 heteroatoms. The van der Waals surface area contributed by atoms with Gasteiger partial charge < -0.3 is 5.32 Å². The van der Waals surface area contributed by atoms with Crippen molar-refractivity contribution in [3.05, 3.63) is 35.9 Å². The SMILES string of the molecule is CC(C)C1NC(=O)N(CC(=O)N2CCC(c3ccccc3)=N2)C1=O. The summed E-state index contributed by atoms with van der Waals surface area (Å²) in [4.78, 5) is 37.5. The molecular formula is C17H20N4O3. The van der Waals surface area contributed by atoms with E-state index >= 15 is 0 Å². The van der Waals surface area contributed by atoms with E-state index in [4.69, 9.17) is 0 Å². The van der Waals surface area contributed by atoms with E-state index in [9.17, 15) is 14.4 Å². The van der Waals surface area contributed by atoms with Gasteiger partial charge in [-0.05, 0) is 11.5 Å². The molecule has 3 rings (SSSR count). The maximum atomic E-state index is 12.4. The first kappa shape index (κ1) is 16.2. The minimum Gasteiger partial charge on any atom is -0.326 e. The average molecular weight is 328 g/mol. The Bertz CT molecular complexity index is 699. The highest BCUT2D eigenvalue weighted by Gasteiger charge is 2.41. The van der Waals surface area contributed by atoms with Crippen LogP contribution >= 0.6 is 0 Å². The van der Waals surface area contributed by atoms with E-state index in [-0.39, 0.29) is 24.3 Å².